The summed E-state index contributed by atoms with van der Waals surface area (Å²) in [5, 5.41) is 2.68. The fourth-order valence-electron chi connectivity index (χ4n) is 3.33. The van der Waals surface area contributed by atoms with Crippen molar-refractivity contribution in [1.29, 1.82) is 0 Å². The van der Waals surface area contributed by atoms with E-state index in [1.165, 1.54) is 12.1 Å². The summed E-state index contributed by atoms with van der Waals surface area (Å²) < 4.78 is 35.2. The molecule has 1 heterocycles. The lowest BCUT2D eigenvalue weighted by molar-refractivity contribution is 0.102. The molecule has 3 rings (SSSR count). The van der Waals surface area contributed by atoms with Gasteiger partial charge in [0.15, 0.2) is 0 Å². The normalized spacial score (nSPS) is 11.3. The third-order valence-electron chi connectivity index (χ3n) is 4.99. The van der Waals surface area contributed by atoms with Gasteiger partial charge >= 0.3 is 10.2 Å². The first-order chi connectivity index (χ1) is 15.1. The number of aromatic nitrogens is 2. The number of nitrogens with two attached hydrogens (primary N) is 2. The van der Waals surface area contributed by atoms with Crippen molar-refractivity contribution in [3.8, 4) is 0 Å². The van der Waals surface area contributed by atoms with E-state index in [1.807, 2.05) is 19.1 Å². The van der Waals surface area contributed by atoms with Crippen LogP contribution in [-0.2, 0) is 23.1 Å². The molecular formula is C22H24FN5O3S. The molecule has 0 unspecified atom stereocenters. The highest BCUT2D eigenvalue weighted by atomic mass is 32.3. The molecule has 0 atom stereocenters. The summed E-state index contributed by atoms with van der Waals surface area (Å²) in [4.78, 5) is 19.9. The van der Waals surface area contributed by atoms with Crippen molar-refractivity contribution in [2.24, 2.45) is 0 Å². The molecule has 168 valence electrons. The van der Waals surface area contributed by atoms with Gasteiger partial charge in [-0.1, -0.05) is 18.2 Å². The highest BCUT2D eigenvalue weighted by molar-refractivity contribution is 7.86. The summed E-state index contributed by atoms with van der Waals surface area (Å²) in [6.45, 7) is 1.86. The predicted molar refractivity (Wildman–Crippen MR) is 121 cm³/mol. The van der Waals surface area contributed by atoms with Crippen LogP contribution in [0.2, 0.25) is 0 Å². The van der Waals surface area contributed by atoms with E-state index in [0.29, 0.717) is 11.5 Å². The number of carbonyl (C=O) groups excluding carboxylic acids is 1. The average Bonchev–Trinajstić information content (AvgIpc) is 2.73. The van der Waals surface area contributed by atoms with Crippen LogP contribution in [0.25, 0.3) is 0 Å². The molecule has 1 amide bonds. The molecule has 32 heavy (non-hydrogen) atoms. The topological polar surface area (TPSA) is 141 Å². The Labute approximate surface area is 186 Å². The Kier molecular flexibility index (Phi) is 7.04. The number of nitrogen functional groups attached to an aromatic ring is 2. The van der Waals surface area contributed by atoms with Crippen LogP contribution in [0.4, 0.5) is 21.3 Å². The van der Waals surface area contributed by atoms with Gasteiger partial charge in [0.1, 0.15) is 5.82 Å². The molecule has 0 aliphatic carbocycles. The highest BCUT2D eigenvalue weighted by Crippen LogP contribution is 2.19. The van der Waals surface area contributed by atoms with Crippen LogP contribution in [0.1, 0.15) is 40.0 Å². The predicted octanol–water partition coefficient (Wildman–Crippen LogP) is 3.43. The van der Waals surface area contributed by atoms with Crippen LogP contribution in [0.15, 0.2) is 53.4 Å². The van der Waals surface area contributed by atoms with E-state index in [2.05, 4.69) is 15.3 Å². The summed E-state index contributed by atoms with van der Waals surface area (Å²) in [6, 6.07) is 12.2. The molecule has 8 nitrogen and oxygen atoms in total. The molecule has 1 aromatic heterocycles. The van der Waals surface area contributed by atoms with Gasteiger partial charge in [-0.15, -0.1) is 3.89 Å². The molecule has 10 heteroatoms. The minimum Gasteiger partial charge on any atom is -0.383 e. The van der Waals surface area contributed by atoms with Gasteiger partial charge < -0.3 is 16.8 Å². The van der Waals surface area contributed by atoms with Crippen molar-refractivity contribution in [1.82, 2.24) is 9.97 Å². The molecule has 0 saturated heterocycles. The van der Waals surface area contributed by atoms with Crippen LogP contribution in [0, 0.1) is 6.92 Å². The van der Waals surface area contributed by atoms with Gasteiger partial charge in [0.2, 0.25) is 5.95 Å². The molecular weight excluding hydrogens is 433 g/mol. The minimum atomic E-state index is -4.87. The molecule has 0 radical (unpaired) electrons. The van der Waals surface area contributed by atoms with Crippen molar-refractivity contribution in [3.05, 3.63) is 70.9 Å². The van der Waals surface area contributed by atoms with Crippen molar-refractivity contribution in [3.63, 3.8) is 0 Å². The van der Waals surface area contributed by atoms with Crippen molar-refractivity contribution in [2.75, 3.05) is 16.8 Å². The number of nitrogens with zero attached hydrogens (tertiary/aromatic N) is 2. The lowest BCUT2D eigenvalue weighted by Crippen LogP contribution is -2.12. The number of unbranched alkanes of at least 4 members (excludes halogenated alkanes) is 1. The maximum Gasteiger partial charge on any atom is 0.332 e. The SMILES string of the molecule is Cc1nc(N)nc(N)c1CCCCc1ccc(NC(=O)c2cccc(S(=O)(=O)F)c2)cc1. The number of nitrogens with one attached hydrogen (secondary N) is 1. The molecule has 0 fully saturated rings. The van der Waals surface area contributed by atoms with Gasteiger partial charge in [-0.2, -0.15) is 13.4 Å². The second kappa shape index (κ2) is 9.73. The molecule has 3 aromatic rings. The number of hydrogen-bond acceptors (Lipinski definition) is 7. The van der Waals surface area contributed by atoms with Crippen LogP contribution in [-0.4, -0.2) is 24.3 Å². The van der Waals surface area contributed by atoms with Gasteiger partial charge in [-0.25, -0.2) is 4.98 Å². The van der Waals surface area contributed by atoms with E-state index in [4.69, 9.17) is 11.5 Å². The van der Waals surface area contributed by atoms with E-state index >= 15 is 0 Å². The van der Waals surface area contributed by atoms with Crippen LogP contribution in [0.5, 0.6) is 0 Å². The first kappa shape index (κ1) is 23.1. The fraction of sp³-hybridized carbons (Fsp3) is 0.227. The first-order valence-electron chi connectivity index (χ1n) is 9.97. The summed E-state index contributed by atoms with van der Waals surface area (Å²) in [7, 11) is -4.87. The first-order valence-corrected chi connectivity index (χ1v) is 11.4. The third kappa shape index (κ3) is 6.01. The Morgan fingerprint density at radius 2 is 1.72 bits per heavy atom. The van der Waals surface area contributed by atoms with Crippen molar-refractivity contribution < 1.29 is 17.1 Å². The monoisotopic (exact) mass is 457 g/mol. The molecule has 0 aliphatic rings. The second-order valence-electron chi connectivity index (χ2n) is 7.35. The van der Waals surface area contributed by atoms with E-state index in [1.54, 1.807) is 12.1 Å². The minimum absolute atomic E-state index is 0.0500. The Morgan fingerprint density at radius 1 is 1.03 bits per heavy atom. The van der Waals surface area contributed by atoms with E-state index in [9.17, 15) is 17.1 Å². The van der Waals surface area contributed by atoms with Gasteiger partial charge in [-0.3, -0.25) is 4.79 Å². The number of halogens is 1. The highest BCUT2D eigenvalue weighted by Gasteiger charge is 2.15. The van der Waals surface area contributed by atoms with E-state index < -0.39 is 21.0 Å². The maximum atomic E-state index is 13.1. The Hall–Kier alpha value is -3.53. The van der Waals surface area contributed by atoms with Gasteiger partial charge in [0.25, 0.3) is 5.91 Å². The van der Waals surface area contributed by atoms with Gasteiger partial charge in [0.05, 0.1) is 4.90 Å². The summed E-state index contributed by atoms with van der Waals surface area (Å²) in [6.07, 6.45) is 3.45. The summed E-state index contributed by atoms with van der Waals surface area (Å²) >= 11 is 0. The van der Waals surface area contributed by atoms with E-state index in [-0.39, 0.29) is 11.5 Å². The zero-order valence-corrected chi connectivity index (χ0v) is 18.3. The Balaban J connectivity index is 1.53. The summed E-state index contributed by atoms with van der Waals surface area (Å²) in [5.74, 6) is 0.0720. The number of benzene rings is 2. The molecule has 0 aliphatic heterocycles. The number of aryl methyl sites for hydroxylation is 2. The smallest absolute Gasteiger partial charge is 0.332 e. The average molecular weight is 458 g/mol. The second-order valence-corrected chi connectivity index (χ2v) is 8.70. The number of anilines is 3. The van der Waals surface area contributed by atoms with Crippen molar-refractivity contribution in [2.45, 2.75) is 37.5 Å². The number of carbonyl (C=O) groups is 1. The van der Waals surface area contributed by atoms with Gasteiger partial charge in [-0.05, 0) is 68.5 Å². The summed E-state index contributed by atoms with van der Waals surface area (Å²) in [5.41, 5.74) is 14.9. The molecule has 2 aromatic carbocycles. The van der Waals surface area contributed by atoms with Gasteiger partial charge in [0, 0.05) is 22.5 Å². The Morgan fingerprint density at radius 3 is 2.38 bits per heavy atom. The molecule has 0 spiro atoms. The zero-order valence-electron chi connectivity index (χ0n) is 17.5. The number of hydrogen-bond donors (Lipinski definition) is 3. The lowest BCUT2D eigenvalue weighted by atomic mass is 10.0. The molecule has 0 saturated carbocycles. The number of rotatable bonds is 8. The number of amides is 1. The van der Waals surface area contributed by atoms with E-state index in [0.717, 1.165) is 54.6 Å². The maximum absolute atomic E-state index is 13.1. The standard InChI is InChI=1S/C22H24FN5O3S/c1-14-19(20(24)28-22(25)26-14)8-3-2-5-15-9-11-17(12-10-15)27-21(29)16-6-4-7-18(13-16)32(23,30)31/h4,6-7,9-13H,2-3,5,8H2,1H3,(H,27,29)(H4,24,25,26,28). The Bertz CT molecular complexity index is 1210. The molecule has 5 N–H and O–H groups in total. The molecule has 0 bridgehead atoms. The van der Waals surface area contributed by atoms with Crippen molar-refractivity contribution >= 4 is 33.6 Å². The van der Waals surface area contributed by atoms with Crippen LogP contribution < -0.4 is 16.8 Å². The fourth-order valence-corrected chi connectivity index (χ4v) is 3.84. The van der Waals surface area contributed by atoms with Crippen LogP contribution in [0.3, 0.4) is 0 Å². The quantitative estimate of drug-likeness (QED) is 0.347. The lowest BCUT2D eigenvalue weighted by Gasteiger charge is -2.09. The van der Waals surface area contributed by atoms with Crippen LogP contribution >= 0.6 is 0 Å². The largest absolute Gasteiger partial charge is 0.383 e. The zero-order chi connectivity index (χ0) is 23.3. The third-order valence-corrected chi connectivity index (χ3v) is 5.81.